The third-order valence-corrected chi connectivity index (χ3v) is 3.54. The smallest absolute Gasteiger partial charge is 0.0645 e. The average Bonchev–Trinajstić information content (AvgIpc) is 2.30. The summed E-state index contributed by atoms with van der Waals surface area (Å²) in [4.78, 5) is 5.71. The van der Waals surface area contributed by atoms with E-state index < -0.39 is 0 Å². The van der Waals surface area contributed by atoms with E-state index in [9.17, 15) is 0 Å². The molecular weight excluding hydrogens is 250 g/mol. The van der Waals surface area contributed by atoms with Crippen LogP contribution >= 0.6 is 11.8 Å². The van der Waals surface area contributed by atoms with Crippen molar-refractivity contribution in [1.82, 2.24) is 0 Å². The summed E-state index contributed by atoms with van der Waals surface area (Å²) in [5, 5.41) is 2.02. The van der Waals surface area contributed by atoms with Crippen LogP contribution in [0.5, 0.6) is 0 Å². The van der Waals surface area contributed by atoms with Crippen LogP contribution in [0.15, 0.2) is 51.4 Å². The lowest BCUT2D eigenvalue weighted by molar-refractivity contribution is 0.638. The van der Waals surface area contributed by atoms with Gasteiger partial charge in [0, 0.05) is 4.91 Å². The molecule has 106 valence electrons. The average molecular weight is 277 g/mol. The van der Waals surface area contributed by atoms with E-state index in [-0.39, 0.29) is 0 Å². The molecule has 0 saturated heterocycles. The highest BCUT2D eigenvalue weighted by Gasteiger charge is 2.07. The van der Waals surface area contributed by atoms with Crippen molar-refractivity contribution in [3.8, 4) is 0 Å². The zero-order valence-electron chi connectivity index (χ0n) is 13.2. The van der Waals surface area contributed by atoms with Crippen LogP contribution in [-0.4, -0.2) is 5.71 Å². The van der Waals surface area contributed by atoms with Crippen LogP contribution in [0.25, 0.3) is 0 Å². The number of nitrogens with zero attached hydrogens (tertiary/aromatic N) is 1. The lowest BCUT2D eigenvalue weighted by atomic mass is 10.0. The SMILES string of the molecule is C=C(S/C=C\C)/C(C)=N/C(C(=C)C)=C(\C)CC(C)C. The summed E-state index contributed by atoms with van der Waals surface area (Å²) < 4.78 is 0. The molecule has 19 heavy (non-hydrogen) atoms. The standard InChI is InChI=1S/C17H27NS/c1-9-10-19-16(8)15(7)18-17(13(4)5)14(6)11-12(2)3/h9-10,12H,4,8,11H2,1-3,5-7H3/b10-9-,17-14+,18-15+. The molecule has 0 aromatic rings. The fourth-order valence-corrected chi connectivity index (χ4v) is 2.25. The number of hydrogen-bond acceptors (Lipinski definition) is 2. The first kappa shape index (κ1) is 18.0. The minimum absolute atomic E-state index is 0.630. The molecule has 0 saturated carbocycles. The molecule has 0 atom stereocenters. The first-order chi connectivity index (χ1) is 8.79. The molecule has 0 fully saturated rings. The van der Waals surface area contributed by atoms with Gasteiger partial charge in [-0.3, -0.25) is 4.99 Å². The van der Waals surface area contributed by atoms with Crippen LogP contribution in [0, 0.1) is 5.92 Å². The molecular formula is C17H27NS. The van der Waals surface area contributed by atoms with Crippen LogP contribution in [0.3, 0.4) is 0 Å². The largest absolute Gasteiger partial charge is 0.252 e. The monoisotopic (exact) mass is 277 g/mol. The van der Waals surface area contributed by atoms with Crippen LogP contribution in [-0.2, 0) is 0 Å². The molecule has 0 spiro atoms. The van der Waals surface area contributed by atoms with Crippen molar-refractivity contribution < 1.29 is 0 Å². The van der Waals surface area contributed by atoms with Gasteiger partial charge >= 0.3 is 0 Å². The van der Waals surface area contributed by atoms with Crippen molar-refractivity contribution in [1.29, 1.82) is 0 Å². The Labute approximate surface area is 123 Å². The van der Waals surface area contributed by atoms with Gasteiger partial charge in [-0.2, -0.15) is 0 Å². The Morgan fingerprint density at radius 1 is 1.21 bits per heavy atom. The molecule has 0 radical (unpaired) electrons. The Bertz CT molecular complexity index is 423. The van der Waals surface area contributed by atoms with Crippen LogP contribution in [0.4, 0.5) is 0 Å². The maximum absolute atomic E-state index is 4.72. The Hall–Kier alpha value is -1.02. The molecule has 0 aliphatic carbocycles. The molecule has 0 amide bonds. The first-order valence-electron chi connectivity index (χ1n) is 6.67. The number of thioether (sulfide) groups is 1. The summed E-state index contributed by atoms with van der Waals surface area (Å²) in [5.41, 5.74) is 4.30. The summed E-state index contributed by atoms with van der Waals surface area (Å²) in [6.45, 7) is 20.7. The number of aliphatic imine (C=N–C) groups is 1. The van der Waals surface area contributed by atoms with E-state index >= 15 is 0 Å². The van der Waals surface area contributed by atoms with E-state index in [4.69, 9.17) is 4.99 Å². The van der Waals surface area contributed by atoms with Gasteiger partial charge in [0.15, 0.2) is 0 Å². The number of rotatable bonds is 7. The molecule has 0 aromatic carbocycles. The minimum Gasteiger partial charge on any atom is -0.252 e. The lowest BCUT2D eigenvalue weighted by Gasteiger charge is -2.12. The van der Waals surface area contributed by atoms with Gasteiger partial charge in [-0.1, -0.05) is 44.8 Å². The molecule has 0 unspecified atom stereocenters. The Balaban J connectivity index is 5.22. The fourth-order valence-electron chi connectivity index (χ4n) is 1.73. The highest BCUT2D eigenvalue weighted by atomic mass is 32.2. The molecule has 0 aliphatic rings. The van der Waals surface area contributed by atoms with Crippen LogP contribution < -0.4 is 0 Å². The van der Waals surface area contributed by atoms with Gasteiger partial charge in [0.2, 0.25) is 0 Å². The summed E-state index contributed by atoms with van der Waals surface area (Å²) in [5.74, 6) is 0.630. The quantitative estimate of drug-likeness (QED) is 0.403. The van der Waals surface area contributed by atoms with Crippen molar-refractivity contribution in [2.75, 3.05) is 0 Å². The summed E-state index contributed by atoms with van der Waals surface area (Å²) >= 11 is 1.61. The molecule has 0 aromatic heterocycles. The van der Waals surface area contributed by atoms with Gasteiger partial charge in [-0.25, -0.2) is 0 Å². The zero-order chi connectivity index (χ0) is 15.0. The summed E-state index contributed by atoms with van der Waals surface area (Å²) in [6.07, 6.45) is 3.05. The van der Waals surface area contributed by atoms with Crippen molar-refractivity contribution in [2.24, 2.45) is 10.9 Å². The second-order valence-corrected chi connectivity index (χ2v) is 6.22. The van der Waals surface area contributed by atoms with Crippen LogP contribution in [0.1, 0.15) is 48.0 Å². The van der Waals surface area contributed by atoms with Gasteiger partial charge in [0.25, 0.3) is 0 Å². The van der Waals surface area contributed by atoms with Crippen molar-refractivity contribution >= 4 is 17.5 Å². The summed E-state index contributed by atoms with van der Waals surface area (Å²) in [7, 11) is 0. The van der Waals surface area contributed by atoms with E-state index in [1.54, 1.807) is 11.8 Å². The van der Waals surface area contributed by atoms with E-state index in [2.05, 4.69) is 33.9 Å². The van der Waals surface area contributed by atoms with Gasteiger partial charge in [-0.05, 0) is 56.6 Å². The molecule has 0 N–H and O–H groups in total. The van der Waals surface area contributed by atoms with Crippen molar-refractivity contribution in [3.05, 3.63) is 46.4 Å². The van der Waals surface area contributed by atoms with Crippen LogP contribution in [0.2, 0.25) is 0 Å². The predicted molar refractivity (Wildman–Crippen MR) is 91.6 cm³/mol. The van der Waals surface area contributed by atoms with Gasteiger partial charge < -0.3 is 0 Å². The van der Waals surface area contributed by atoms with Gasteiger partial charge in [0.05, 0.1) is 11.4 Å². The third kappa shape index (κ3) is 7.22. The number of hydrogen-bond donors (Lipinski definition) is 0. The second-order valence-electron chi connectivity index (χ2n) is 5.21. The van der Waals surface area contributed by atoms with Gasteiger partial charge in [0.1, 0.15) is 0 Å². The second kappa shape index (κ2) is 8.98. The molecule has 0 heterocycles. The normalized spacial score (nSPS) is 13.9. The zero-order valence-corrected chi connectivity index (χ0v) is 14.0. The fraction of sp³-hybridized carbons (Fsp3) is 0.471. The lowest BCUT2D eigenvalue weighted by Crippen LogP contribution is -1.98. The molecule has 0 aliphatic heterocycles. The van der Waals surface area contributed by atoms with E-state index in [0.29, 0.717) is 5.92 Å². The first-order valence-corrected chi connectivity index (χ1v) is 7.55. The molecule has 1 nitrogen and oxygen atoms in total. The summed E-state index contributed by atoms with van der Waals surface area (Å²) in [6, 6.07) is 0. The third-order valence-electron chi connectivity index (χ3n) is 2.55. The Morgan fingerprint density at radius 3 is 2.21 bits per heavy atom. The van der Waals surface area contributed by atoms with Gasteiger partial charge in [-0.15, -0.1) is 0 Å². The number of allylic oxidation sites excluding steroid dienone is 4. The minimum atomic E-state index is 0.630. The predicted octanol–water partition coefficient (Wildman–Crippen LogP) is 6.12. The van der Waals surface area contributed by atoms with E-state index in [0.717, 1.165) is 28.3 Å². The maximum Gasteiger partial charge on any atom is 0.0645 e. The van der Waals surface area contributed by atoms with Crippen molar-refractivity contribution in [2.45, 2.75) is 48.0 Å². The highest BCUT2D eigenvalue weighted by molar-refractivity contribution is 8.06. The Kier molecular flexibility index (Phi) is 8.49. The molecule has 0 rings (SSSR count). The van der Waals surface area contributed by atoms with E-state index in [1.807, 2.05) is 32.3 Å². The highest BCUT2D eigenvalue weighted by Crippen LogP contribution is 2.23. The maximum atomic E-state index is 4.72. The Morgan fingerprint density at radius 2 is 1.79 bits per heavy atom. The molecule has 2 heteroatoms. The van der Waals surface area contributed by atoms with E-state index in [1.165, 1.54) is 5.57 Å². The van der Waals surface area contributed by atoms with Crippen molar-refractivity contribution in [3.63, 3.8) is 0 Å². The topological polar surface area (TPSA) is 12.4 Å². The molecule has 0 bridgehead atoms.